The van der Waals surface area contributed by atoms with Crippen molar-refractivity contribution in [1.29, 1.82) is 0 Å². The fraction of sp³-hybridized carbons (Fsp3) is 0.364. The maximum atomic E-state index is 13.1. The molecule has 2 aliphatic heterocycles. The third-order valence-corrected chi connectivity index (χ3v) is 6.42. The minimum atomic E-state index is -0.632. The summed E-state index contributed by atoms with van der Waals surface area (Å²) < 4.78 is 8.73. The van der Waals surface area contributed by atoms with Gasteiger partial charge < -0.3 is 18.8 Å². The van der Waals surface area contributed by atoms with Crippen LogP contribution in [0.5, 0.6) is 5.75 Å². The number of amides is 1. The molecular weight excluding hydrogens is 400 g/mol. The van der Waals surface area contributed by atoms with Gasteiger partial charge in [-0.1, -0.05) is 0 Å². The first kappa shape index (κ1) is 19.3. The van der Waals surface area contributed by atoms with E-state index < -0.39 is 16.2 Å². The highest BCUT2D eigenvalue weighted by Crippen LogP contribution is 2.35. The summed E-state index contributed by atoms with van der Waals surface area (Å²) in [7, 11) is 1.62. The summed E-state index contributed by atoms with van der Waals surface area (Å²) in [6.45, 7) is 1.71. The van der Waals surface area contributed by atoms with Gasteiger partial charge in [0.1, 0.15) is 12.3 Å². The molecule has 2 aliphatic rings. The average Bonchev–Trinajstić information content (AvgIpc) is 3.15. The van der Waals surface area contributed by atoms with E-state index in [-0.39, 0.29) is 24.3 Å². The highest BCUT2D eigenvalue weighted by Gasteiger charge is 2.37. The second kappa shape index (κ2) is 7.26. The molecule has 2 aromatic heterocycles. The third-order valence-electron chi connectivity index (χ3n) is 6.42. The van der Waals surface area contributed by atoms with Crippen LogP contribution in [-0.2, 0) is 17.9 Å². The predicted octanol–water partition coefficient (Wildman–Crippen LogP) is 2.37. The van der Waals surface area contributed by atoms with Crippen LogP contribution in [0.15, 0.2) is 47.4 Å². The van der Waals surface area contributed by atoms with Gasteiger partial charge in [0.15, 0.2) is 0 Å². The summed E-state index contributed by atoms with van der Waals surface area (Å²) in [5, 5.41) is 12.1. The van der Waals surface area contributed by atoms with Crippen LogP contribution in [-0.4, -0.2) is 45.1 Å². The topological polar surface area (TPSA) is 99.6 Å². The number of carbonyl (C=O) groups excluding carboxylic acids is 1. The summed E-state index contributed by atoms with van der Waals surface area (Å²) in [5.74, 6) is 0.923. The number of benzene rings is 1. The van der Waals surface area contributed by atoms with Crippen molar-refractivity contribution in [2.45, 2.75) is 25.4 Å². The Labute approximate surface area is 177 Å². The van der Waals surface area contributed by atoms with Crippen LogP contribution < -0.4 is 10.3 Å². The number of hydrogen-bond acceptors (Lipinski definition) is 5. The van der Waals surface area contributed by atoms with Crippen LogP contribution in [0.2, 0.25) is 0 Å². The van der Waals surface area contributed by atoms with E-state index in [0.29, 0.717) is 19.6 Å². The van der Waals surface area contributed by atoms with Gasteiger partial charge in [-0.2, -0.15) is 0 Å². The van der Waals surface area contributed by atoms with Crippen molar-refractivity contribution in [3.63, 3.8) is 0 Å². The van der Waals surface area contributed by atoms with Crippen molar-refractivity contribution in [3.05, 3.63) is 68.8 Å². The Morgan fingerprint density at radius 1 is 1.19 bits per heavy atom. The average molecular weight is 422 g/mol. The molecular formula is C22H22N4O5. The Hall–Kier alpha value is -3.62. The number of likely N-dealkylation sites (tertiary alicyclic amines) is 1. The molecule has 5 rings (SSSR count). The van der Waals surface area contributed by atoms with E-state index in [1.807, 2.05) is 39.9 Å². The molecule has 9 heteroatoms. The van der Waals surface area contributed by atoms with Gasteiger partial charge in [0.05, 0.1) is 12.0 Å². The van der Waals surface area contributed by atoms with E-state index in [2.05, 4.69) is 0 Å². The van der Waals surface area contributed by atoms with E-state index in [4.69, 9.17) is 4.74 Å². The molecule has 9 nitrogen and oxygen atoms in total. The molecule has 0 aliphatic carbocycles. The third kappa shape index (κ3) is 3.26. The minimum absolute atomic E-state index is 0.00983. The maximum Gasteiger partial charge on any atom is 0.334 e. The molecule has 160 valence electrons. The molecule has 0 radical (unpaired) electrons. The molecule has 2 bridgehead atoms. The summed E-state index contributed by atoms with van der Waals surface area (Å²) in [6, 6.07) is 10.7. The summed E-state index contributed by atoms with van der Waals surface area (Å²) in [5.41, 5.74) is 0.803. The molecule has 0 spiro atoms. The lowest BCUT2D eigenvalue weighted by Gasteiger charge is -2.42. The van der Waals surface area contributed by atoms with Crippen LogP contribution in [0, 0.1) is 16.0 Å². The van der Waals surface area contributed by atoms with Gasteiger partial charge >= 0.3 is 11.2 Å². The fourth-order valence-corrected chi connectivity index (χ4v) is 4.97. The molecule has 4 heterocycles. The molecule has 31 heavy (non-hydrogen) atoms. The maximum absolute atomic E-state index is 13.1. The normalized spacial score (nSPS) is 19.8. The van der Waals surface area contributed by atoms with Crippen LogP contribution in [0.4, 0.5) is 5.69 Å². The van der Waals surface area contributed by atoms with E-state index >= 15 is 0 Å². The minimum Gasteiger partial charge on any atom is -0.497 e. The zero-order valence-corrected chi connectivity index (χ0v) is 17.1. The Morgan fingerprint density at radius 2 is 2.03 bits per heavy atom. The lowest BCUT2D eigenvalue weighted by Crippen LogP contribution is -2.50. The van der Waals surface area contributed by atoms with Gasteiger partial charge in [-0.15, -0.1) is 0 Å². The number of nitro groups is 1. The molecule has 0 saturated carbocycles. The smallest absolute Gasteiger partial charge is 0.334 e. The van der Waals surface area contributed by atoms with Crippen molar-refractivity contribution >= 4 is 22.5 Å². The Morgan fingerprint density at radius 3 is 2.81 bits per heavy atom. The van der Waals surface area contributed by atoms with Crippen LogP contribution >= 0.6 is 0 Å². The first-order chi connectivity index (χ1) is 14.9. The highest BCUT2D eigenvalue weighted by molar-refractivity contribution is 5.84. The van der Waals surface area contributed by atoms with E-state index in [0.717, 1.165) is 28.8 Å². The predicted molar refractivity (Wildman–Crippen MR) is 113 cm³/mol. The number of piperidine rings is 1. The Kier molecular flexibility index (Phi) is 4.53. The number of ether oxygens (including phenoxy) is 1. The molecule has 1 fully saturated rings. The molecule has 3 aromatic rings. The number of rotatable bonds is 4. The number of pyridine rings is 1. The van der Waals surface area contributed by atoms with E-state index in [9.17, 15) is 19.7 Å². The molecule has 1 aromatic carbocycles. The lowest BCUT2D eigenvalue weighted by atomic mass is 9.83. The van der Waals surface area contributed by atoms with E-state index in [1.165, 1.54) is 10.6 Å². The van der Waals surface area contributed by atoms with Crippen LogP contribution in [0.3, 0.4) is 0 Å². The quantitative estimate of drug-likeness (QED) is 0.475. The standard InChI is InChI=1S/C22H22N4O5/c1-31-17-2-3-18-15(9-17)6-7-23(18)13-21(27)24-10-14-8-16(12-24)19-4-5-20(26(29)30)22(28)25(19)11-14/h2-7,9,14,16H,8,10-13H2,1H3/t14-,16-/m0/s1. The second-order valence-corrected chi connectivity index (χ2v) is 8.28. The van der Waals surface area contributed by atoms with Crippen molar-refractivity contribution < 1.29 is 14.5 Å². The van der Waals surface area contributed by atoms with Gasteiger partial charge in [0, 0.05) is 54.4 Å². The van der Waals surface area contributed by atoms with Gasteiger partial charge in [0.2, 0.25) is 5.91 Å². The first-order valence-electron chi connectivity index (χ1n) is 10.2. The van der Waals surface area contributed by atoms with Gasteiger partial charge in [0.25, 0.3) is 0 Å². The second-order valence-electron chi connectivity index (χ2n) is 8.28. The monoisotopic (exact) mass is 422 g/mol. The Balaban J connectivity index is 1.37. The SMILES string of the molecule is COc1ccc2c(ccn2CC(=O)N2C[C@@H]3C[C@@H](C2)c2ccc([N+](=O)[O-])c(=O)n2C3)c1. The molecule has 0 N–H and O–H groups in total. The Bertz CT molecular complexity index is 1260. The van der Waals surface area contributed by atoms with Gasteiger partial charge in [-0.3, -0.25) is 19.7 Å². The zero-order chi connectivity index (χ0) is 21.7. The number of methoxy groups -OCH3 is 1. The summed E-state index contributed by atoms with van der Waals surface area (Å²) in [6.07, 6.45) is 2.79. The number of fused-ring (bicyclic) bond motifs is 5. The first-order valence-corrected chi connectivity index (χ1v) is 10.2. The van der Waals surface area contributed by atoms with E-state index in [1.54, 1.807) is 13.2 Å². The van der Waals surface area contributed by atoms with Crippen LogP contribution in [0.1, 0.15) is 18.0 Å². The number of aromatic nitrogens is 2. The molecule has 0 unspecified atom stereocenters. The summed E-state index contributed by atoms with van der Waals surface area (Å²) in [4.78, 5) is 38.0. The molecule has 1 saturated heterocycles. The number of hydrogen-bond donors (Lipinski definition) is 0. The van der Waals surface area contributed by atoms with Crippen LogP contribution in [0.25, 0.3) is 10.9 Å². The highest BCUT2D eigenvalue weighted by atomic mass is 16.6. The van der Waals surface area contributed by atoms with Gasteiger partial charge in [-0.05, 0) is 42.7 Å². The fourth-order valence-electron chi connectivity index (χ4n) is 4.97. The van der Waals surface area contributed by atoms with Crippen molar-refractivity contribution in [3.8, 4) is 5.75 Å². The largest absolute Gasteiger partial charge is 0.497 e. The molecule has 1 amide bonds. The van der Waals surface area contributed by atoms with Crippen molar-refractivity contribution in [2.24, 2.45) is 5.92 Å². The van der Waals surface area contributed by atoms with Crippen molar-refractivity contribution in [1.82, 2.24) is 14.0 Å². The van der Waals surface area contributed by atoms with Crippen molar-refractivity contribution in [2.75, 3.05) is 20.2 Å². The molecule has 2 atom stereocenters. The number of carbonyl (C=O) groups is 1. The van der Waals surface area contributed by atoms with Gasteiger partial charge in [-0.25, -0.2) is 0 Å². The lowest BCUT2D eigenvalue weighted by molar-refractivity contribution is -0.386. The zero-order valence-electron chi connectivity index (χ0n) is 17.1. The summed E-state index contributed by atoms with van der Waals surface area (Å²) >= 11 is 0. The number of nitrogens with zero attached hydrogens (tertiary/aromatic N) is 4.